The van der Waals surface area contributed by atoms with E-state index in [4.69, 9.17) is 4.74 Å². The monoisotopic (exact) mass is 475 g/mol. The van der Waals surface area contributed by atoms with Crippen LogP contribution in [0.2, 0.25) is 0 Å². The van der Waals surface area contributed by atoms with Gasteiger partial charge in [-0.15, -0.1) is 0 Å². The van der Waals surface area contributed by atoms with Crippen LogP contribution in [0.1, 0.15) is 44.9 Å². The molecule has 0 bridgehead atoms. The van der Waals surface area contributed by atoms with E-state index in [1.807, 2.05) is 6.07 Å². The number of sulfonamides is 1. The van der Waals surface area contributed by atoms with Gasteiger partial charge in [0.15, 0.2) is 11.6 Å². The maximum absolute atomic E-state index is 13.1. The first kappa shape index (κ1) is 23.6. The van der Waals surface area contributed by atoms with Crippen molar-refractivity contribution in [3.05, 3.63) is 48.4 Å². The summed E-state index contributed by atoms with van der Waals surface area (Å²) in [4.78, 5) is 17.2. The van der Waals surface area contributed by atoms with Crippen LogP contribution in [0, 0.1) is 17.7 Å². The number of halogens is 1. The fourth-order valence-electron chi connectivity index (χ4n) is 4.50. The third kappa shape index (κ3) is 5.89. The summed E-state index contributed by atoms with van der Waals surface area (Å²) in [5, 5.41) is 2.87. The average Bonchev–Trinajstić information content (AvgIpc) is 2.84. The van der Waals surface area contributed by atoms with Gasteiger partial charge in [-0.25, -0.2) is 17.8 Å². The lowest BCUT2D eigenvalue weighted by atomic mass is 9.90. The van der Waals surface area contributed by atoms with Crippen molar-refractivity contribution in [2.45, 2.75) is 49.8 Å². The highest BCUT2D eigenvalue weighted by Crippen LogP contribution is 2.29. The van der Waals surface area contributed by atoms with Gasteiger partial charge in [-0.05, 0) is 68.0 Å². The van der Waals surface area contributed by atoms with Crippen LogP contribution in [-0.2, 0) is 14.8 Å². The number of carbonyl (C=O) groups is 1. The number of pyridine rings is 1. The maximum atomic E-state index is 13.1. The molecule has 33 heavy (non-hydrogen) atoms. The lowest BCUT2D eigenvalue weighted by Crippen LogP contribution is -2.41. The number of hydrogen-bond acceptors (Lipinski definition) is 5. The van der Waals surface area contributed by atoms with Crippen molar-refractivity contribution in [1.29, 1.82) is 0 Å². The minimum atomic E-state index is -3.71. The molecule has 2 heterocycles. The van der Waals surface area contributed by atoms with Crippen molar-refractivity contribution in [3.8, 4) is 5.75 Å². The number of benzene rings is 1. The average molecular weight is 476 g/mol. The summed E-state index contributed by atoms with van der Waals surface area (Å²) in [7, 11) is -3.71. The zero-order valence-corrected chi connectivity index (χ0v) is 19.4. The van der Waals surface area contributed by atoms with E-state index in [2.05, 4.69) is 10.3 Å². The highest BCUT2D eigenvalue weighted by atomic mass is 32.2. The standard InChI is InChI=1S/C24H30FN3O4S/c25-20-8-10-21(11-9-20)33(30,31)28-15-12-19(13-16-28)24(29)27-23-22(7-4-14-26-23)32-17-18-5-2-1-3-6-18/h4,7-11,14,18-19H,1-3,5-6,12-13,15-17H2,(H,26,27,29). The summed E-state index contributed by atoms with van der Waals surface area (Å²) in [6.45, 7) is 1.07. The Hall–Kier alpha value is -2.52. The summed E-state index contributed by atoms with van der Waals surface area (Å²) >= 11 is 0. The molecule has 1 amide bonds. The molecule has 1 saturated heterocycles. The van der Waals surface area contributed by atoms with Crippen LogP contribution >= 0.6 is 0 Å². The van der Waals surface area contributed by atoms with Gasteiger partial charge in [-0.1, -0.05) is 19.3 Å². The number of piperidine rings is 1. The predicted octanol–water partition coefficient (Wildman–Crippen LogP) is 4.22. The summed E-state index contributed by atoms with van der Waals surface area (Å²) in [5.41, 5.74) is 0. The molecular weight excluding hydrogens is 445 g/mol. The molecule has 1 saturated carbocycles. The van der Waals surface area contributed by atoms with Gasteiger partial charge in [0.25, 0.3) is 0 Å². The van der Waals surface area contributed by atoms with Crippen LogP contribution in [0.4, 0.5) is 10.2 Å². The largest absolute Gasteiger partial charge is 0.489 e. The number of rotatable bonds is 7. The topological polar surface area (TPSA) is 88.6 Å². The van der Waals surface area contributed by atoms with Gasteiger partial charge in [0.2, 0.25) is 15.9 Å². The molecular formula is C24H30FN3O4S. The van der Waals surface area contributed by atoms with E-state index < -0.39 is 15.8 Å². The molecule has 1 N–H and O–H groups in total. The molecule has 2 aromatic rings. The van der Waals surface area contributed by atoms with E-state index in [0.29, 0.717) is 36.9 Å². The van der Waals surface area contributed by atoms with E-state index in [1.165, 1.54) is 48.5 Å². The Bertz CT molecular complexity index is 1050. The Labute approximate surface area is 194 Å². The molecule has 1 aromatic heterocycles. The van der Waals surface area contributed by atoms with Crippen molar-refractivity contribution in [3.63, 3.8) is 0 Å². The Balaban J connectivity index is 1.32. The molecule has 178 valence electrons. The van der Waals surface area contributed by atoms with Crippen LogP contribution in [-0.4, -0.2) is 43.3 Å². The van der Waals surface area contributed by atoms with Crippen LogP contribution in [0.3, 0.4) is 0 Å². The first-order valence-electron chi connectivity index (χ1n) is 11.6. The summed E-state index contributed by atoms with van der Waals surface area (Å²) in [5.74, 6) is 0.510. The van der Waals surface area contributed by atoms with Crippen LogP contribution in [0.5, 0.6) is 5.75 Å². The minimum absolute atomic E-state index is 0.0556. The number of ether oxygens (including phenoxy) is 1. The van der Waals surface area contributed by atoms with Crippen molar-refractivity contribution < 1.29 is 22.3 Å². The number of carbonyl (C=O) groups excluding carboxylic acids is 1. The van der Waals surface area contributed by atoms with Gasteiger partial charge in [0.05, 0.1) is 11.5 Å². The normalized spacial score (nSPS) is 18.7. The number of aromatic nitrogens is 1. The van der Waals surface area contributed by atoms with Gasteiger partial charge < -0.3 is 10.1 Å². The van der Waals surface area contributed by atoms with E-state index >= 15 is 0 Å². The summed E-state index contributed by atoms with van der Waals surface area (Å²) < 4.78 is 46.1. The molecule has 9 heteroatoms. The highest BCUT2D eigenvalue weighted by molar-refractivity contribution is 7.89. The number of hydrogen-bond donors (Lipinski definition) is 1. The molecule has 2 aliphatic rings. The second-order valence-electron chi connectivity index (χ2n) is 8.79. The summed E-state index contributed by atoms with van der Waals surface area (Å²) in [6, 6.07) is 8.38. The Morgan fingerprint density at radius 2 is 1.76 bits per heavy atom. The lowest BCUT2D eigenvalue weighted by molar-refractivity contribution is -0.120. The van der Waals surface area contributed by atoms with Gasteiger partial charge in [-0.2, -0.15) is 4.31 Å². The molecule has 0 spiro atoms. The highest BCUT2D eigenvalue weighted by Gasteiger charge is 2.32. The number of nitrogens with one attached hydrogen (secondary N) is 1. The zero-order chi connectivity index (χ0) is 23.3. The molecule has 2 fully saturated rings. The molecule has 1 aliphatic carbocycles. The Morgan fingerprint density at radius 1 is 1.06 bits per heavy atom. The quantitative estimate of drug-likeness (QED) is 0.648. The summed E-state index contributed by atoms with van der Waals surface area (Å²) in [6.07, 6.45) is 8.51. The number of anilines is 1. The lowest BCUT2D eigenvalue weighted by Gasteiger charge is -2.30. The fraction of sp³-hybridized carbons (Fsp3) is 0.500. The number of nitrogens with zero attached hydrogens (tertiary/aromatic N) is 2. The Morgan fingerprint density at radius 3 is 2.45 bits per heavy atom. The van der Waals surface area contributed by atoms with E-state index in [1.54, 1.807) is 12.3 Å². The molecule has 0 radical (unpaired) electrons. The molecule has 0 unspecified atom stereocenters. The van der Waals surface area contributed by atoms with Crippen molar-refractivity contribution in [1.82, 2.24) is 9.29 Å². The molecule has 7 nitrogen and oxygen atoms in total. The first-order valence-corrected chi connectivity index (χ1v) is 13.0. The molecule has 4 rings (SSSR count). The zero-order valence-electron chi connectivity index (χ0n) is 18.6. The third-order valence-electron chi connectivity index (χ3n) is 6.49. The van der Waals surface area contributed by atoms with Crippen LogP contribution < -0.4 is 10.1 Å². The predicted molar refractivity (Wildman–Crippen MR) is 123 cm³/mol. The second-order valence-corrected chi connectivity index (χ2v) is 10.7. The second kappa shape index (κ2) is 10.6. The smallest absolute Gasteiger partial charge is 0.243 e. The minimum Gasteiger partial charge on any atom is -0.489 e. The van der Waals surface area contributed by atoms with E-state index in [-0.39, 0.29) is 29.8 Å². The van der Waals surface area contributed by atoms with Gasteiger partial charge in [0.1, 0.15) is 5.82 Å². The van der Waals surface area contributed by atoms with Gasteiger partial charge >= 0.3 is 0 Å². The van der Waals surface area contributed by atoms with Crippen molar-refractivity contribution >= 4 is 21.7 Å². The van der Waals surface area contributed by atoms with Crippen molar-refractivity contribution in [2.75, 3.05) is 25.0 Å². The van der Waals surface area contributed by atoms with Gasteiger partial charge in [-0.3, -0.25) is 4.79 Å². The van der Waals surface area contributed by atoms with Crippen molar-refractivity contribution in [2.24, 2.45) is 11.8 Å². The molecule has 1 aromatic carbocycles. The van der Waals surface area contributed by atoms with Crippen LogP contribution in [0.15, 0.2) is 47.5 Å². The number of amides is 1. The third-order valence-corrected chi connectivity index (χ3v) is 8.40. The molecule has 0 atom stereocenters. The van der Waals surface area contributed by atoms with Gasteiger partial charge in [0, 0.05) is 25.2 Å². The fourth-order valence-corrected chi connectivity index (χ4v) is 5.96. The molecule has 1 aliphatic heterocycles. The van der Waals surface area contributed by atoms with Crippen LogP contribution in [0.25, 0.3) is 0 Å². The Kier molecular flexibility index (Phi) is 7.60. The van der Waals surface area contributed by atoms with E-state index in [9.17, 15) is 17.6 Å². The maximum Gasteiger partial charge on any atom is 0.243 e. The SMILES string of the molecule is O=C(Nc1ncccc1OCC1CCCCC1)C1CCN(S(=O)(=O)c2ccc(F)cc2)CC1. The van der Waals surface area contributed by atoms with E-state index in [0.717, 1.165) is 12.1 Å². The first-order chi connectivity index (χ1) is 15.9.